The summed E-state index contributed by atoms with van der Waals surface area (Å²) < 4.78 is 12.7. The van der Waals surface area contributed by atoms with E-state index in [0.29, 0.717) is 18.4 Å². The van der Waals surface area contributed by atoms with Crippen LogP contribution >= 0.6 is 0 Å². The highest BCUT2D eigenvalue weighted by Crippen LogP contribution is 2.51. The van der Waals surface area contributed by atoms with Crippen molar-refractivity contribution in [1.29, 1.82) is 0 Å². The molecule has 138 valence electrons. The van der Waals surface area contributed by atoms with E-state index in [4.69, 9.17) is 9.16 Å². The first-order valence-corrected chi connectivity index (χ1v) is 11.4. The monoisotopic (exact) mass is 368 g/mol. The maximum absolute atomic E-state index is 9.97. The number of fused-ring (bicyclic) bond motifs is 1. The number of hydrogen-bond acceptors (Lipinski definition) is 3. The molecule has 4 atom stereocenters. The van der Waals surface area contributed by atoms with Gasteiger partial charge in [-0.05, 0) is 27.8 Å². The lowest BCUT2D eigenvalue weighted by Crippen LogP contribution is -2.67. The molecule has 26 heavy (non-hydrogen) atoms. The second kappa shape index (κ2) is 6.61. The fraction of sp³-hybridized carbons (Fsp3) is 0.455. The molecule has 1 aliphatic carbocycles. The zero-order valence-electron chi connectivity index (χ0n) is 15.8. The Morgan fingerprint density at radius 3 is 1.88 bits per heavy atom. The molecule has 0 aromatic heterocycles. The minimum atomic E-state index is -2.51. The molecule has 0 unspecified atom stereocenters. The van der Waals surface area contributed by atoms with Crippen LogP contribution in [0.3, 0.4) is 0 Å². The number of aliphatic hydroxyl groups is 1. The normalized spacial score (nSPS) is 28.0. The van der Waals surface area contributed by atoms with Crippen LogP contribution in [0, 0.1) is 11.8 Å². The van der Waals surface area contributed by atoms with Gasteiger partial charge in [0.25, 0.3) is 8.32 Å². The van der Waals surface area contributed by atoms with E-state index in [1.807, 2.05) is 0 Å². The van der Waals surface area contributed by atoms with Crippen molar-refractivity contribution in [2.45, 2.75) is 44.6 Å². The Bertz CT molecular complexity index is 701. The second-order valence-corrected chi connectivity index (χ2v) is 12.9. The number of hydrogen-bond donors (Lipinski definition) is 1. The standard InChI is InChI=1S/C22H28O3Si/c1-22(2,3)26(16-10-6-4-7-11-16,17-12-8-5-9-13-17)24-15-20-18-14-19(18)21(23)25-20/h4-13,18-21,23H,14-15H2,1-3H3/t18-,19+,20-,21+/m0/s1. The van der Waals surface area contributed by atoms with E-state index >= 15 is 0 Å². The summed E-state index contributed by atoms with van der Waals surface area (Å²) >= 11 is 0. The van der Waals surface area contributed by atoms with Crippen LogP contribution in [0.4, 0.5) is 0 Å². The predicted octanol–water partition coefficient (Wildman–Crippen LogP) is 2.92. The van der Waals surface area contributed by atoms with Crippen LogP contribution in [0.1, 0.15) is 27.2 Å². The summed E-state index contributed by atoms with van der Waals surface area (Å²) in [5.74, 6) is 0.783. The summed E-state index contributed by atoms with van der Waals surface area (Å²) in [7, 11) is -2.51. The molecule has 1 N–H and O–H groups in total. The molecular formula is C22H28O3Si. The van der Waals surface area contributed by atoms with Gasteiger partial charge in [0.05, 0.1) is 12.7 Å². The molecule has 0 amide bonds. The Hall–Kier alpha value is -1.46. The molecule has 0 radical (unpaired) electrons. The third-order valence-electron chi connectivity index (χ3n) is 5.93. The molecule has 2 aromatic rings. The summed E-state index contributed by atoms with van der Waals surface area (Å²) in [4.78, 5) is 0. The maximum Gasteiger partial charge on any atom is 0.261 e. The summed E-state index contributed by atoms with van der Waals surface area (Å²) in [6.45, 7) is 7.39. The van der Waals surface area contributed by atoms with Crippen molar-refractivity contribution in [3.63, 3.8) is 0 Å². The first-order valence-electron chi connectivity index (χ1n) is 9.52. The highest BCUT2D eigenvalue weighted by Gasteiger charge is 2.57. The molecule has 4 rings (SSSR count). The number of rotatable bonds is 5. The SMILES string of the molecule is CC(C)(C)[Si](OC[C@@H]1O[C@@H](O)[C@@H]2C[C@@H]21)(c1ccccc1)c1ccccc1. The Morgan fingerprint density at radius 1 is 0.962 bits per heavy atom. The number of aliphatic hydroxyl groups excluding tert-OH is 1. The van der Waals surface area contributed by atoms with Gasteiger partial charge in [0.2, 0.25) is 0 Å². The Kier molecular flexibility index (Phi) is 4.56. The zero-order valence-corrected chi connectivity index (χ0v) is 16.8. The van der Waals surface area contributed by atoms with E-state index in [1.54, 1.807) is 0 Å². The van der Waals surface area contributed by atoms with Crippen molar-refractivity contribution in [3.05, 3.63) is 60.7 Å². The summed E-state index contributed by atoms with van der Waals surface area (Å²) in [6, 6.07) is 21.3. The van der Waals surface area contributed by atoms with E-state index in [1.165, 1.54) is 10.4 Å². The van der Waals surface area contributed by atoms with Gasteiger partial charge in [-0.25, -0.2) is 0 Å². The predicted molar refractivity (Wildman–Crippen MR) is 106 cm³/mol. The second-order valence-electron chi connectivity index (χ2n) is 8.60. The molecule has 2 aliphatic rings. The van der Waals surface area contributed by atoms with Crippen LogP contribution in [0.25, 0.3) is 0 Å². The van der Waals surface area contributed by atoms with Gasteiger partial charge in [-0.15, -0.1) is 0 Å². The Balaban J connectivity index is 1.73. The fourth-order valence-corrected chi connectivity index (χ4v) is 9.07. The minimum Gasteiger partial charge on any atom is -0.405 e. The van der Waals surface area contributed by atoms with Crippen molar-refractivity contribution in [3.8, 4) is 0 Å². The largest absolute Gasteiger partial charge is 0.405 e. The lowest BCUT2D eigenvalue weighted by atomic mass is 10.2. The lowest BCUT2D eigenvalue weighted by Gasteiger charge is -2.43. The van der Waals surface area contributed by atoms with Gasteiger partial charge in [0.15, 0.2) is 6.29 Å². The average molecular weight is 369 g/mol. The molecule has 1 saturated carbocycles. The fourth-order valence-electron chi connectivity index (χ4n) is 4.50. The van der Waals surface area contributed by atoms with Gasteiger partial charge >= 0.3 is 0 Å². The minimum absolute atomic E-state index is 0.0108. The van der Waals surface area contributed by atoms with Gasteiger partial charge in [-0.2, -0.15) is 0 Å². The van der Waals surface area contributed by atoms with Gasteiger partial charge in [-0.1, -0.05) is 81.4 Å². The van der Waals surface area contributed by atoms with Crippen LogP contribution in [-0.2, 0) is 9.16 Å². The molecule has 2 aromatic carbocycles. The highest BCUT2D eigenvalue weighted by molar-refractivity contribution is 6.99. The average Bonchev–Trinajstić information content (AvgIpc) is 3.37. The van der Waals surface area contributed by atoms with E-state index in [2.05, 4.69) is 81.4 Å². The third-order valence-corrected chi connectivity index (χ3v) is 10.9. The number of ether oxygens (including phenoxy) is 1. The van der Waals surface area contributed by atoms with Crippen LogP contribution < -0.4 is 10.4 Å². The van der Waals surface area contributed by atoms with Crippen molar-refractivity contribution >= 4 is 18.7 Å². The smallest absolute Gasteiger partial charge is 0.261 e. The van der Waals surface area contributed by atoms with Crippen LogP contribution in [-0.4, -0.2) is 32.4 Å². The molecule has 1 heterocycles. The first kappa shape index (κ1) is 17.9. The van der Waals surface area contributed by atoms with Gasteiger partial charge in [-0.3, -0.25) is 0 Å². The molecule has 0 bridgehead atoms. The molecule has 2 fully saturated rings. The molecule has 0 spiro atoms. The van der Waals surface area contributed by atoms with E-state index in [9.17, 15) is 5.11 Å². The summed E-state index contributed by atoms with van der Waals surface area (Å²) in [6.07, 6.45) is 0.472. The molecule has 1 saturated heterocycles. The van der Waals surface area contributed by atoms with Crippen molar-refractivity contribution in [1.82, 2.24) is 0 Å². The topological polar surface area (TPSA) is 38.7 Å². The highest BCUT2D eigenvalue weighted by atomic mass is 28.4. The Labute approximate surface area is 157 Å². The van der Waals surface area contributed by atoms with Gasteiger partial charge in [0, 0.05) is 5.92 Å². The van der Waals surface area contributed by atoms with Crippen LogP contribution in [0.2, 0.25) is 5.04 Å². The summed E-state index contributed by atoms with van der Waals surface area (Å²) in [5.41, 5.74) is 0. The lowest BCUT2D eigenvalue weighted by molar-refractivity contribution is -0.123. The third kappa shape index (κ3) is 2.95. The van der Waals surface area contributed by atoms with Crippen molar-refractivity contribution in [2.24, 2.45) is 11.8 Å². The molecule has 4 heteroatoms. The van der Waals surface area contributed by atoms with Crippen LogP contribution in [0.5, 0.6) is 0 Å². The number of benzene rings is 2. The quantitative estimate of drug-likeness (QED) is 0.825. The Morgan fingerprint density at radius 2 is 1.50 bits per heavy atom. The van der Waals surface area contributed by atoms with E-state index in [-0.39, 0.29) is 11.1 Å². The van der Waals surface area contributed by atoms with Crippen molar-refractivity contribution < 1.29 is 14.3 Å². The molecule has 1 aliphatic heterocycles. The molecule has 3 nitrogen and oxygen atoms in total. The van der Waals surface area contributed by atoms with Crippen molar-refractivity contribution in [2.75, 3.05) is 6.61 Å². The zero-order chi connectivity index (χ0) is 18.4. The first-order chi connectivity index (χ1) is 12.4. The summed E-state index contributed by atoms with van der Waals surface area (Å²) in [5, 5.41) is 12.5. The van der Waals surface area contributed by atoms with Gasteiger partial charge in [0.1, 0.15) is 0 Å². The maximum atomic E-state index is 9.97. The van der Waals surface area contributed by atoms with E-state index in [0.717, 1.165) is 6.42 Å². The van der Waals surface area contributed by atoms with Gasteiger partial charge < -0.3 is 14.3 Å². The van der Waals surface area contributed by atoms with Crippen LogP contribution in [0.15, 0.2) is 60.7 Å². The van der Waals surface area contributed by atoms with E-state index < -0.39 is 14.6 Å². The molecular weight excluding hydrogens is 340 g/mol.